The van der Waals surface area contributed by atoms with Crippen LogP contribution in [0.3, 0.4) is 0 Å². The summed E-state index contributed by atoms with van der Waals surface area (Å²) in [5, 5.41) is 8.44. The lowest BCUT2D eigenvalue weighted by Crippen LogP contribution is -2.37. The first kappa shape index (κ1) is 18.9. The third-order valence-corrected chi connectivity index (χ3v) is 5.29. The minimum atomic E-state index is -0.318. The van der Waals surface area contributed by atoms with Crippen molar-refractivity contribution in [3.63, 3.8) is 0 Å². The largest absolute Gasteiger partial charge is 0.497 e. The zero-order valence-electron chi connectivity index (χ0n) is 16.4. The summed E-state index contributed by atoms with van der Waals surface area (Å²) in [6, 6.07) is 12.5. The Balaban J connectivity index is 1.61. The molecule has 1 saturated heterocycles. The van der Waals surface area contributed by atoms with Crippen LogP contribution in [0.15, 0.2) is 47.3 Å². The Morgan fingerprint density at radius 3 is 2.79 bits per heavy atom. The minimum Gasteiger partial charge on any atom is -0.497 e. The van der Waals surface area contributed by atoms with E-state index < -0.39 is 0 Å². The quantitative estimate of drug-likeness (QED) is 0.659. The number of benzene rings is 2. The summed E-state index contributed by atoms with van der Waals surface area (Å²) in [7, 11) is 3.20. The molecule has 0 radical (unpaired) electrons. The van der Waals surface area contributed by atoms with Crippen LogP contribution in [0.25, 0.3) is 10.9 Å². The molecule has 0 bridgehead atoms. The monoisotopic (exact) mass is 394 g/mol. The first-order valence-corrected chi connectivity index (χ1v) is 9.46. The summed E-state index contributed by atoms with van der Waals surface area (Å²) in [6.07, 6.45) is 1.70. The Labute approximate surface area is 167 Å². The van der Waals surface area contributed by atoms with Gasteiger partial charge in [0, 0.05) is 18.2 Å². The molecule has 1 aliphatic rings. The van der Waals surface area contributed by atoms with Gasteiger partial charge in [-0.05, 0) is 37.1 Å². The third-order valence-electron chi connectivity index (χ3n) is 5.29. The molecule has 8 nitrogen and oxygen atoms in total. The Kier molecular flexibility index (Phi) is 5.16. The van der Waals surface area contributed by atoms with Crippen LogP contribution in [-0.4, -0.2) is 46.6 Å². The molecule has 0 saturated carbocycles. The highest BCUT2D eigenvalue weighted by Crippen LogP contribution is 2.38. The van der Waals surface area contributed by atoms with Gasteiger partial charge >= 0.3 is 0 Å². The first-order chi connectivity index (χ1) is 14.1. The number of methoxy groups -OCH3 is 2. The minimum absolute atomic E-state index is 0.118. The maximum absolute atomic E-state index is 13.0. The van der Waals surface area contributed by atoms with Gasteiger partial charge < -0.3 is 14.4 Å². The van der Waals surface area contributed by atoms with E-state index in [0.29, 0.717) is 28.9 Å². The van der Waals surface area contributed by atoms with Crippen LogP contribution in [0, 0.1) is 0 Å². The van der Waals surface area contributed by atoms with E-state index in [1.165, 1.54) is 0 Å². The summed E-state index contributed by atoms with van der Waals surface area (Å²) in [5.74, 6) is 1.20. The van der Waals surface area contributed by atoms with Crippen molar-refractivity contribution in [2.75, 3.05) is 20.8 Å². The van der Waals surface area contributed by atoms with Crippen molar-refractivity contribution in [1.29, 1.82) is 0 Å². The zero-order chi connectivity index (χ0) is 20.4. The lowest BCUT2D eigenvalue weighted by molar-refractivity contribution is -0.133. The van der Waals surface area contributed by atoms with E-state index in [1.54, 1.807) is 43.4 Å². The van der Waals surface area contributed by atoms with Gasteiger partial charge in [-0.2, -0.15) is 0 Å². The van der Waals surface area contributed by atoms with E-state index in [4.69, 9.17) is 9.47 Å². The normalized spacial score (nSPS) is 16.2. The second-order valence-corrected chi connectivity index (χ2v) is 6.92. The van der Waals surface area contributed by atoms with Crippen molar-refractivity contribution in [2.45, 2.75) is 25.4 Å². The van der Waals surface area contributed by atoms with Gasteiger partial charge in [-0.1, -0.05) is 17.3 Å². The summed E-state index contributed by atoms with van der Waals surface area (Å²) in [6.45, 7) is 0.472. The number of likely N-dealkylation sites (tertiary alicyclic amines) is 1. The molecule has 4 rings (SSSR count). The predicted octanol–water partition coefficient (Wildman–Crippen LogP) is 2.17. The second kappa shape index (κ2) is 7.90. The van der Waals surface area contributed by atoms with Gasteiger partial charge in [0.05, 0.1) is 25.6 Å². The highest BCUT2D eigenvalue weighted by atomic mass is 16.5. The van der Waals surface area contributed by atoms with Crippen molar-refractivity contribution in [2.24, 2.45) is 0 Å². The maximum Gasteiger partial charge on any atom is 0.278 e. The molecule has 1 aliphatic heterocycles. The smallest absolute Gasteiger partial charge is 0.278 e. The van der Waals surface area contributed by atoms with Crippen molar-refractivity contribution in [1.82, 2.24) is 19.9 Å². The number of aromatic nitrogens is 3. The topological polar surface area (TPSA) is 86.5 Å². The SMILES string of the molecule is COc1ccc(C2CCCN2C(=O)Cn2nnc3ccccc3c2=O)c(OC)c1. The van der Waals surface area contributed by atoms with E-state index in [2.05, 4.69) is 10.3 Å². The molecule has 1 unspecified atom stereocenters. The molecule has 1 amide bonds. The van der Waals surface area contributed by atoms with Crippen LogP contribution < -0.4 is 15.0 Å². The van der Waals surface area contributed by atoms with Crippen molar-refractivity contribution >= 4 is 16.8 Å². The molecule has 1 aromatic heterocycles. The maximum atomic E-state index is 13.0. The number of hydrogen-bond acceptors (Lipinski definition) is 6. The fourth-order valence-electron chi connectivity index (χ4n) is 3.83. The highest BCUT2D eigenvalue weighted by molar-refractivity contribution is 5.79. The average molecular weight is 394 g/mol. The number of hydrogen-bond donors (Lipinski definition) is 0. The molecular formula is C21H22N4O4. The molecule has 2 heterocycles. The molecular weight excluding hydrogens is 372 g/mol. The van der Waals surface area contributed by atoms with E-state index in [1.807, 2.05) is 18.2 Å². The van der Waals surface area contributed by atoms with E-state index in [9.17, 15) is 9.59 Å². The van der Waals surface area contributed by atoms with E-state index in [0.717, 1.165) is 23.1 Å². The van der Waals surface area contributed by atoms with E-state index >= 15 is 0 Å². The van der Waals surface area contributed by atoms with Gasteiger partial charge in [0.2, 0.25) is 5.91 Å². The van der Waals surface area contributed by atoms with Crippen molar-refractivity contribution in [3.8, 4) is 11.5 Å². The first-order valence-electron chi connectivity index (χ1n) is 9.46. The molecule has 0 spiro atoms. The van der Waals surface area contributed by atoms with Crippen LogP contribution in [-0.2, 0) is 11.3 Å². The molecule has 8 heteroatoms. The second-order valence-electron chi connectivity index (χ2n) is 6.92. The predicted molar refractivity (Wildman–Crippen MR) is 107 cm³/mol. The number of ether oxygens (including phenoxy) is 2. The fraction of sp³-hybridized carbons (Fsp3) is 0.333. The van der Waals surface area contributed by atoms with E-state index in [-0.39, 0.29) is 24.1 Å². The lowest BCUT2D eigenvalue weighted by Gasteiger charge is -2.26. The van der Waals surface area contributed by atoms with Gasteiger partial charge in [-0.15, -0.1) is 5.10 Å². The Hall–Kier alpha value is -3.42. The molecule has 2 aromatic carbocycles. The van der Waals surface area contributed by atoms with Gasteiger partial charge in [-0.3, -0.25) is 9.59 Å². The van der Waals surface area contributed by atoms with Crippen LogP contribution in [0.5, 0.6) is 11.5 Å². The molecule has 150 valence electrons. The summed E-state index contributed by atoms with van der Waals surface area (Å²) in [5.41, 5.74) is 1.13. The summed E-state index contributed by atoms with van der Waals surface area (Å²) < 4.78 is 11.9. The van der Waals surface area contributed by atoms with Crippen molar-refractivity contribution < 1.29 is 14.3 Å². The standard InChI is InChI=1S/C21H22N4O4/c1-28-14-9-10-16(19(12-14)29-2)18-8-5-11-24(18)20(26)13-25-21(27)15-6-3-4-7-17(15)22-23-25/h3-4,6-7,9-10,12,18H,5,8,11,13H2,1-2H3. The average Bonchev–Trinajstić information content (AvgIpc) is 3.25. The number of rotatable bonds is 5. The highest BCUT2D eigenvalue weighted by Gasteiger charge is 2.32. The number of fused-ring (bicyclic) bond motifs is 1. The Morgan fingerprint density at radius 1 is 1.17 bits per heavy atom. The molecule has 1 atom stereocenters. The van der Waals surface area contributed by atoms with Crippen LogP contribution in [0.1, 0.15) is 24.4 Å². The van der Waals surface area contributed by atoms with Crippen LogP contribution >= 0.6 is 0 Å². The molecule has 0 N–H and O–H groups in total. The fourth-order valence-corrected chi connectivity index (χ4v) is 3.83. The lowest BCUT2D eigenvalue weighted by atomic mass is 10.0. The summed E-state index contributed by atoms with van der Waals surface area (Å²) in [4.78, 5) is 27.5. The molecule has 1 fully saturated rings. The number of carbonyl (C=O) groups is 1. The summed E-state index contributed by atoms with van der Waals surface area (Å²) >= 11 is 0. The van der Waals surface area contributed by atoms with Crippen LogP contribution in [0.4, 0.5) is 0 Å². The molecule has 29 heavy (non-hydrogen) atoms. The number of carbonyl (C=O) groups excluding carboxylic acids is 1. The third kappa shape index (κ3) is 3.53. The van der Waals surface area contributed by atoms with Gasteiger partial charge in [0.1, 0.15) is 23.6 Å². The van der Waals surface area contributed by atoms with Gasteiger partial charge in [0.25, 0.3) is 5.56 Å². The number of amides is 1. The Morgan fingerprint density at radius 2 is 2.00 bits per heavy atom. The van der Waals surface area contributed by atoms with Crippen LogP contribution in [0.2, 0.25) is 0 Å². The molecule has 3 aromatic rings. The number of nitrogens with zero attached hydrogens (tertiary/aromatic N) is 4. The Bertz CT molecular complexity index is 1110. The van der Waals surface area contributed by atoms with Gasteiger partial charge in [0.15, 0.2) is 0 Å². The van der Waals surface area contributed by atoms with Crippen molar-refractivity contribution in [3.05, 3.63) is 58.4 Å². The zero-order valence-corrected chi connectivity index (χ0v) is 16.4. The molecule has 0 aliphatic carbocycles. The van der Waals surface area contributed by atoms with Gasteiger partial charge in [-0.25, -0.2) is 4.68 Å².